The number of nitrogens with zero attached hydrogens (tertiary/aromatic N) is 6. The number of carbonyl (C=O) groups excluding carboxylic acids is 2. The van der Waals surface area contributed by atoms with Gasteiger partial charge in [-0.1, -0.05) is 31.0 Å². The summed E-state index contributed by atoms with van der Waals surface area (Å²) in [5, 5.41) is 30.2. The van der Waals surface area contributed by atoms with Crippen LogP contribution in [0.1, 0.15) is 26.7 Å². The quantitative estimate of drug-likeness (QED) is 0.0333. The molecule has 5 aromatic carbocycles. The second-order valence-corrected chi connectivity index (χ2v) is 16.9. The maximum atomic E-state index is 12.8. The van der Waals surface area contributed by atoms with Crippen LogP contribution in [0.4, 0.5) is 0 Å². The van der Waals surface area contributed by atoms with Crippen LogP contribution in [0.3, 0.4) is 0 Å². The number of ether oxygens (including phenoxy) is 2. The van der Waals surface area contributed by atoms with E-state index in [1.165, 1.54) is 50.2 Å². The third-order valence-corrected chi connectivity index (χ3v) is 11.6. The fourth-order valence-electron chi connectivity index (χ4n) is 5.76. The highest BCUT2D eigenvalue weighted by Gasteiger charge is 2.26. The van der Waals surface area contributed by atoms with Gasteiger partial charge in [0.25, 0.3) is 30.4 Å². The molecule has 7 aromatic rings. The van der Waals surface area contributed by atoms with Gasteiger partial charge in [0.05, 0.1) is 21.8 Å². The standard InChI is InChI=1S/C32H24N6O16S4/c1-3-29(39)51-25-14-24(38-34-22-8-6-18-20(32(22)36-38)10-16(57(45,46)47)12-28(18)58(48,49)50)26(52-30(40)4-2)13-23(25)37-33-21-7-5-17-19(31(21)35-37)9-15(56(42,43)44)11-27(17)55-54-53-41/h5-14,41H,3-4H2,1-2H3,(H,42,43,44)(H,45,46,47)(H,48,49,50). The molecule has 302 valence electrons. The van der Waals surface area contributed by atoms with Crippen molar-refractivity contribution in [1.82, 2.24) is 30.0 Å². The van der Waals surface area contributed by atoms with E-state index in [1.807, 2.05) is 0 Å². The van der Waals surface area contributed by atoms with Crippen LogP contribution in [-0.2, 0) is 49.3 Å². The predicted octanol–water partition coefficient (Wildman–Crippen LogP) is 4.26. The highest BCUT2D eigenvalue weighted by molar-refractivity contribution is 7.94. The van der Waals surface area contributed by atoms with Crippen molar-refractivity contribution in [3.05, 3.63) is 60.7 Å². The van der Waals surface area contributed by atoms with Gasteiger partial charge < -0.3 is 9.47 Å². The summed E-state index contributed by atoms with van der Waals surface area (Å²) < 4.78 is 118. The van der Waals surface area contributed by atoms with E-state index in [0.29, 0.717) is 23.5 Å². The average molecular weight is 877 g/mol. The van der Waals surface area contributed by atoms with E-state index in [1.54, 1.807) is 0 Å². The van der Waals surface area contributed by atoms with E-state index < -0.39 is 57.0 Å². The highest BCUT2D eigenvalue weighted by Crippen LogP contribution is 2.39. The van der Waals surface area contributed by atoms with Crippen LogP contribution >= 0.6 is 12.0 Å². The lowest BCUT2D eigenvalue weighted by Gasteiger charge is -2.15. The summed E-state index contributed by atoms with van der Waals surface area (Å²) in [6, 6.07) is 11.6. The van der Waals surface area contributed by atoms with Crippen molar-refractivity contribution in [2.75, 3.05) is 0 Å². The molecule has 0 aliphatic heterocycles. The minimum Gasteiger partial charge on any atom is -0.424 e. The maximum absolute atomic E-state index is 12.8. The summed E-state index contributed by atoms with van der Waals surface area (Å²) in [6.07, 6.45) is -0.254. The van der Waals surface area contributed by atoms with E-state index in [9.17, 15) is 48.5 Å². The Morgan fingerprint density at radius 1 is 0.621 bits per heavy atom. The molecule has 7 rings (SSSR count). The Morgan fingerprint density at radius 3 is 1.53 bits per heavy atom. The first kappa shape index (κ1) is 40.5. The van der Waals surface area contributed by atoms with Crippen LogP contribution in [0, 0.1) is 0 Å². The number of esters is 2. The van der Waals surface area contributed by atoms with Crippen LogP contribution < -0.4 is 9.47 Å². The molecular weight excluding hydrogens is 853 g/mol. The zero-order valence-electron chi connectivity index (χ0n) is 29.2. The van der Waals surface area contributed by atoms with Gasteiger partial charge in [0.15, 0.2) is 11.5 Å². The smallest absolute Gasteiger partial charge is 0.310 e. The van der Waals surface area contributed by atoms with Crippen LogP contribution in [-0.4, -0.2) is 86.1 Å². The molecule has 0 atom stereocenters. The Labute approximate surface area is 329 Å². The lowest BCUT2D eigenvalue weighted by Crippen LogP contribution is -2.14. The zero-order chi connectivity index (χ0) is 41.9. The van der Waals surface area contributed by atoms with Gasteiger partial charge in [-0.05, 0) is 36.4 Å². The van der Waals surface area contributed by atoms with Crippen LogP contribution in [0.5, 0.6) is 11.5 Å². The Kier molecular flexibility index (Phi) is 10.4. The summed E-state index contributed by atoms with van der Waals surface area (Å²) >= 11 is 0.420. The van der Waals surface area contributed by atoms with Crippen molar-refractivity contribution < 1.29 is 72.6 Å². The van der Waals surface area contributed by atoms with E-state index in [0.717, 1.165) is 27.8 Å². The largest absolute Gasteiger partial charge is 0.424 e. The SMILES string of the molecule is CCC(=O)Oc1cc(-n2nc3ccc4c(S(=O)(=O)O)cc(S(=O)(=O)O)cc4c3n2)c(OC(=O)CC)cc1-n1nc2ccc3c(SOOO)cc(S(=O)(=O)O)cc3c2n1. The molecule has 0 fully saturated rings. The summed E-state index contributed by atoms with van der Waals surface area (Å²) in [7, 11) is -14.9. The lowest BCUT2D eigenvalue weighted by molar-refractivity contribution is -0.432. The van der Waals surface area contributed by atoms with Crippen molar-refractivity contribution in [2.45, 2.75) is 46.3 Å². The van der Waals surface area contributed by atoms with Gasteiger partial charge in [-0.3, -0.25) is 23.2 Å². The monoisotopic (exact) mass is 876 g/mol. The molecule has 26 heteroatoms. The normalized spacial score (nSPS) is 12.5. The molecule has 0 aliphatic rings. The van der Waals surface area contributed by atoms with Crippen molar-refractivity contribution >= 4 is 97.9 Å². The van der Waals surface area contributed by atoms with Crippen LogP contribution in [0.2, 0.25) is 0 Å². The molecule has 2 aromatic heterocycles. The van der Waals surface area contributed by atoms with Gasteiger partial charge in [-0.25, -0.2) is 5.26 Å². The summed E-state index contributed by atoms with van der Waals surface area (Å²) in [5.74, 6) is -2.03. The number of aromatic nitrogens is 6. The van der Waals surface area contributed by atoms with Crippen molar-refractivity contribution in [3.63, 3.8) is 0 Å². The van der Waals surface area contributed by atoms with E-state index >= 15 is 0 Å². The second-order valence-electron chi connectivity index (χ2n) is 12.0. The molecular formula is C32H24N6O16S4. The number of benzene rings is 5. The molecule has 0 spiro atoms. The summed E-state index contributed by atoms with van der Waals surface area (Å²) in [5.41, 5.74) is -0.165. The van der Waals surface area contributed by atoms with E-state index in [-0.39, 0.29) is 78.8 Å². The fraction of sp³-hybridized carbons (Fsp3) is 0.125. The first-order chi connectivity index (χ1) is 27.3. The number of fused-ring (bicyclic) bond motifs is 6. The third-order valence-electron chi connectivity index (χ3n) is 8.36. The third kappa shape index (κ3) is 7.67. The van der Waals surface area contributed by atoms with Gasteiger partial charge in [0, 0.05) is 51.4 Å². The Morgan fingerprint density at radius 2 is 1.09 bits per heavy atom. The molecule has 58 heavy (non-hydrogen) atoms. The topological polar surface area (TPSA) is 316 Å². The molecule has 2 heterocycles. The molecule has 0 amide bonds. The van der Waals surface area contributed by atoms with Crippen molar-refractivity contribution in [1.29, 1.82) is 0 Å². The van der Waals surface area contributed by atoms with Crippen LogP contribution in [0.25, 0.3) is 55.0 Å². The number of carbonyl (C=O) groups is 2. The average Bonchev–Trinajstić information content (AvgIpc) is 3.81. The van der Waals surface area contributed by atoms with Gasteiger partial charge >= 0.3 is 11.9 Å². The molecule has 0 saturated heterocycles. The van der Waals surface area contributed by atoms with Crippen molar-refractivity contribution in [3.8, 4) is 22.9 Å². The minimum atomic E-state index is -5.05. The maximum Gasteiger partial charge on any atom is 0.310 e. The molecule has 0 saturated carbocycles. The predicted molar refractivity (Wildman–Crippen MR) is 198 cm³/mol. The number of rotatable bonds is 12. The lowest BCUT2D eigenvalue weighted by atomic mass is 10.1. The first-order valence-electron chi connectivity index (χ1n) is 16.2. The van der Waals surface area contributed by atoms with Gasteiger partial charge in [-0.2, -0.15) is 25.3 Å². The summed E-state index contributed by atoms with van der Waals surface area (Å²) in [4.78, 5) is 25.2. The molecule has 4 N–H and O–H groups in total. The van der Waals surface area contributed by atoms with Crippen molar-refractivity contribution in [2.24, 2.45) is 0 Å². The summed E-state index contributed by atoms with van der Waals surface area (Å²) in [6.45, 7) is 3.01. The fourth-order valence-corrected chi connectivity index (χ4v) is 8.25. The molecule has 0 radical (unpaired) electrons. The first-order valence-corrected chi connectivity index (χ1v) is 21.2. The second kappa shape index (κ2) is 14.9. The van der Waals surface area contributed by atoms with Crippen LogP contribution in [0.15, 0.2) is 80.2 Å². The number of hydrogen-bond acceptors (Lipinski definition) is 18. The Balaban J connectivity index is 1.49. The highest BCUT2D eigenvalue weighted by atomic mass is 32.2. The van der Waals surface area contributed by atoms with E-state index in [2.05, 4.69) is 29.8 Å². The van der Waals surface area contributed by atoms with Gasteiger partial charge in [0.1, 0.15) is 38.3 Å². The Hall–Kier alpha value is -5.68. The zero-order valence-corrected chi connectivity index (χ0v) is 32.5. The molecule has 22 nitrogen and oxygen atoms in total. The van der Waals surface area contributed by atoms with E-state index in [4.69, 9.17) is 14.7 Å². The van der Waals surface area contributed by atoms with Gasteiger partial charge in [0.2, 0.25) is 0 Å². The number of hydrogen-bond donors (Lipinski definition) is 4. The minimum absolute atomic E-state index is 0.0230. The molecule has 0 unspecified atom stereocenters. The molecule has 0 bridgehead atoms. The van der Waals surface area contributed by atoms with Gasteiger partial charge in [-0.15, -0.1) is 34.3 Å². The Bertz CT molecular complexity index is 3220. The molecule has 0 aliphatic carbocycles.